The fourth-order valence-corrected chi connectivity index (χ4v) is 4.03. The van der Waals surface area contributed by atoms with Gasteiger partial charge in [0.05, 0.1) is 0 Å². The lowest BCUT2D eigenvalue weighted by molar-refractivity contribution is -0.143. The number of fused-ring (bicyclic) bond motifs is 1. The lowest BCUT2D eigenvalue weighted by atomic mass is 10.0. The van der Waals surface area contributed by atoms with E-state index >= 15 is 0 Å². The van der Waals surface area contributed by atoms with Crippen molar-refractivity contribution in [3.63, 3.8) is 0 Å². The normalized spacial score (nSPS) is 21.0. The molecule has 1 aromatic rings. The van der Waals surface area contributed by atoms with E-state index in [0.29, 0.717) is 31.5 Å². The predicted octanol–water partition coefficient (Wildman–Crippen LogP) is 2.33. The number of hydrogen-bond acceptors (Lipinski definition) is 3. The summed E-state index contributed by atoms with van der Waals surface area (Å²) in [6.07, 6.45) is 0.157. The molecule has 0 aromatic carbocycles. The number of alkyl halides is 3. The number of likely N-dealkylation sites (N-methyl/N-ethyl adjacent to an activating group) is 1. The number of carbonyl (C=O) groups is 1. The van der Waals surface area contributed by atoms with Gasteiger partial charge < -0.3 is 9.80 Å². The maximum atomic E-state index is 13.2. The molecule has 0 N–H and O–H groups in total. The first-order valence-electron chi connectivity index (χ1n) is 8.87. The Bertz CT molecular complexity index is 639. The van der Waals surface area contributed by atoms with Crippen LogP contribution in [0, 0.1) is 0 Å². The fraction of sp³-hybridized carbons (Fsp3) is 0.765. The molecule has 5 nitrogen and oxygen atoms in total. The minimum atomic E-state index is -4.46. The van der Waals surface area contributed by atoms with Crippen LogP contribution in [0.3, 0.4) is 0 Å². The van der Waals surface area contributed by atoms with Crippen LogP contribution >= 0.6 is 0 Å². The first-order valence-corrected chi connectivity index (χ1v) is 8.87. The quantitative estimate of drug-likeness (QED) is 0.830. The van der Waals surface area contributed by atoms with E-state index in [9.17, 15) is 18.0 Å². The summed E-state index contributed by atoms with van der Waals surface area (Å²) in [7, 11) is 3.93. The Balaban J connectivity index is 1.79. The molecule has 3 rings (SSSR count). The highest BCUT2D eigenvalue weighted by molar-refractivity contribution is 5.76. The molecule has 2 heterocycles. The van der Waals surface area contributed by atoms with Gasteiger partial charge in [0.15, 0.2) is 5.69 Å². The van der Waals surface area contributed by atoms with E-state index in [1.807, 2.05) is 23.9 Å². The molecular weight excluding hydrogens is 333 g/mol. The van der Waals surface area contributed by atoms with Crippen molar-refractivity contribution in [2.24, 2.45) is 0 Å². The Morgan fingerprint density at radius 1 is 1.24 bits per heavy atom. The summed E-state index contributed by atoms with van der Waals surface area (Å²) >= 11 is 0. The minimum Gasteiger partial charge on any atom is -0.337 e. The largest absolute Gasteiger partial charge is 0.435 e. The summed E-state index contributed by atoms with van der Waals surface area (Å²) in [4.78, 5) is 16.7. The molecule has 1 atom stereocenters. The molecule has 0 bridgehead atoms. The first kappa shape index (κ1) is 18.2. The summed E-state index contributed by atoms with van der Waals surface area (Å²) in [5, 5.41) is 3.76. The molecular formula is C17H25F3N4O. The van der Waals surface area contributed by atoms with Crippen LogP contribution in [0.2, 0.25) is 0 Å². The number of amides is 1. The molecule has 1 aliphatic heterocycles. The van der Waals surface area contributed by atoms with E-state index < -0.39 is 11.9 Å². The number of halogens is 3. The Morgan fingerprint density at radius 2 is 2.00 bits per heavy atom. The first-order chi connectivity index (χ1) is 11.8. The maximum absolute atomic E-state index is 13.2. The highest BCUT2D eigenvalue weighted by atomic mass is 19.4. The topological polar surface area (TPSA) is 41.4 Å². The third-order valence-corrected chi connectivity index (χ3v) is 5.08. The summed E-state index contributed by atoms with van der Waals surface area (Å²) in [5.41, 5.74) is 0.0573. The lowest BCUT2D eigenvalue weighted by Crippen LogP contribution is -2.49. The van der Waals surface area contributed by atoms with Gasteiger partial charge in [-0.25, -0.2) is 0 Å². The summed E-state index contributed by atoms with van der Waals surface area (Å²) < 4.78 is 40.8. The van der Waals surface area contributed by atoms with Crippen molar-refractivity contribution in [1.82, 2.24) is 19.6 Å². The zero-order valence-corrected chi connectivity index (χ0v) is 14.8. The second-order valence-corrected chi connectivity index (χ2v) is 7.28. The van der Waals surface area contributed by atoms with Crippen LogP contribution in [0.4, 0.5) is 13.2 Å². The highest BCUT2D eigenvalue weighted by Gasteiger charge is 2.40. The minimum absolute atomic E-state index is 0.0949. The molecule has 1 aliphatic carbocycles. The van der Waals surface area contributed by atoms with Gasteiger partial charge in [-0.1, -0.05) is 0 Å². The van der Waals surface area contributed by atoms with Crippen molar-refractivity contribution < 1.29 is 18.0 Å². The van der Waals surface area contributed by atoms with E-state index in [4.69, 9.17) is 0 Å². The predicted molar refractivity (Wildman–Crippen MR) is 87.2 cm³/mol. The van der Waals surface area contributed by atoms with Gasteiger partial charge in [-0.15, -0.1) is 0 Å². The van der Waals surface area contributed by atoms with Crippen LogP contribution in [-0.2, 0) is 30.4 Å². The SMILES string of the molecule is CN(C)CC1CCCCN1C(=O)Cn1nc(C(F)(F)F)c2c1CCC2. The van der Waals surface area contributed by atoms with Crippen LogP contribution in [0.1, 0.15) is 42.6 Å². The Labute approximate surface area is 145 Å². The van der Waals surface area contributed by atoms with Crippen molar-refractivity contribution in [1.29, 1.82) is 0 Å². The molecule has 0 radical (unpaired) electrons. The van der Waals surface area contributed by atoms with Gasteiger partial charge in [0.25, 0.3) is 0 Å². The van der Waals surface area contributed by atoms with Crippen molar-refractivity contribution in [2.75, 3.05) is 27.2 Å². The number of carbonyl (C=O) groups excluding carboxylic acids is 1. The third kappa shape index (κ3) is 3.83. The molecule has 140 valence electrons. The van der Waals surface area contributed by atoms with Crippen molar-refractivity contribution in [2.45, 2.75) is 57.3 Å². The van der Waals surface area contributed by atoms with Crippen LogP contribution in [0.25, 0.3) is 0 Å². The smallest absolute Gasteiger partial charge is 0.337 e. The van der Waals surface area contributed by atoms with Crippen molar-refractivity contribution in [3.05, 3.63) is 17.0 Å². The van der Waals surface area contributed by atoms with Gasteiger partial charge in [-0.2, -0.15) is 18.3 Å². The number of nitrogens with zero attached hydrogens (tertiary/aromatic N) is 4. The second kappa shape index (κ2) is 6.97. The number of aromatic nitrogens is 2. The molecule has 8 heteroatoms. The molecule has 2 aliphatic rings. The van der Waals surface area contributed by atoms with Crippen LogP contribution < -0.4 is 0 Å². The van der Waals surface area contributed by atoms with Crippen LogP contribution in [0.5, 0.6) is 0 Å². The molecule has 25 heavy (non-hydrogen) atoms. The number of rotatable bonds is 4. The van der Waals surface area contributed by atoms with Gasteiger partial charge in [0.1, 0.15) is 6.54 Å². The second-order valence-electron chi connectivity index (χ2n) is 7.28. The molecule has 0 saturated carbocycles. The Hall–Kier alpha value is -1.57. The monoisotopic (exact) mass is 358 g/mol. The van der Waals surface area contributed by atoms with E-state index in [1.54, 1.807) is 0 Å². The molecule has 1 unspecified atom stereocenters. The molecule has 1 amide bonds. The maximum Gasteiger partial charge on any atom is 0.435 e. The Kier molecular flexibility index (Phi) is 5.09. The van der Waals surface area contributed by atoms with Gasteiger partial charge in [-0.05, 0) is 52.6 Å². The van der Waals surface area contributed by atoms with E-state index in [1.165, 1.54) is 4.68 Å². The number of likely N-dealkylation sites (tertiary alicyclic amines) is 1. The highest BCUT2D eigenvalue weighted by Crippen LogP contribution is 2.36. The van der Waals surface area contributed by atoms with E-state index in [2.05, 4.69) is 5.10 Å². The average molecular weight is 358 g/mol. The zero-order chi connectivity index (χ0) is 18.2. The molecule has 1 fully saturated rings. The average Bonchev–Trinajstić information content (AvgIpc) is 3.10. The van der Waals surface area contributed by atoms with Gasteiger partial charge in [0, 0.05) is 30.4 Å². The summed E-state index contributed by atoms with van der Waals surface area (Å²) in [5.74, 6) is -0.127. The third-order valence-electron chi connectivity index (χ3n) is 5.08. The Morgan fingerprint density at radius 3 is 2.68 bits per heavy atom. The fourth-order valence-electron chi connectivity index (χ4n) is 4.03. The van der Waals surface area contributed by atoms with Crippen molar-refractivity contribution >= 4 is 5.91 Å². The standard InChI is InChI=1S/C17H25F3N4O/c1-22(2)10-12-6-3-4-9-23(12)15(25)11-24-14-8-5-7-13(14)16(21-24)17(18,19)20/h12H,3-11H2,1-2H3. The molecule has 1 aromatic heterocycles. The number of hydrogen-bond donors (Lipinski definition) is 0. The van der Waals surface area contributed by atoms with Crippen molar-refractivity contribution in [3.8, 4) is 0 Å². The summed E-state index contributed by atoms with van der Waals surface area (Å²) in [6.45, 7) is 1.35. The van der Waals surface area contributed by atoms with Gasteiger partial charge in [0.2, 0.25) is 5.91 Å². The van der Waals surface area contributed by atoms with E-state index in [0.717, 1.165) is 25.8 Å². The molecule has 1 saturated heterocycles. The zero-order valence-electron chi connectivity index (χ0n) is 14.8. The number of piperidine rings is 1. The lowest BCUT2D eigenvalue weighted by Gasteiger charge is -2.37. The van der Waals surface area contributed by atoms with Gasteiger partial charge in [-0.3, -0.25) is 9.48 Å². The molecule has 0 spiro atoms. The van der Waals surface area contributed by atoms with Crippen LogP contribution in [0.15, 0.2) is 0 Å². The van der Waals surface area contributed by atoms with E-state index in [-0.39, 0.29) is 24.1 Å². The van der Waals surface area contributed by atoms with Gasteiger partial charge >= 0.3 is 6.18 Å². The van der Waals surface area contributed by atoms with Crippen LogP contribution in [-0.4, -0.2) is 58.7 Å². The summed E-state index contributed by atoms with van der Waals surface area (Å²) in [6, 6.07) is 0.127.